The lowest BCUT2D eigenvalue weighted by Gasteiger charge is -2.21. The minimum atomic E-state index is -4.95. The van der Waals surface area contributed by atoms with Crippen molar-refractivity contribution >= 4 is 39.5 Å². The maximum absolute atomic E-state index is 13.1. The molecule has 0 rings (SSSR count). The van der Waals surface area contributed by atoms with Gasteiger partial charge in [0.25, 0.3) is 0 Å². The smallest absolute Gasteiger partial charge is 0.462 e. The van der Waals surface area contributed by atoms with Crippen LogP contribution in [0.2, 0.25) is 0 Å². The average Bonchev–Trinajstić information content (AvgIpc) is 3.26. The van der Waals surface area contributed by atoms with Gasteiger partial charge in [-0.2, -0.15) is 0 Å². The summed E-state index contributed by atoms with van der Waals surface area (Å²) in [6.45, 7) is 9.51. The number of aliphatic hydroxyl groups excluding tert-OH is 1. The molecular formula is C73H142O17P2. The van der Waals surface area contributed by atoms with Gasteiger partial charge in [-0.1, -0.05) is 324 Å². The molecule has 19 heteroatoms. The third-order valence-corrected chi connectivity index (χ3v) is 18.9. The van der Waals surface area contributed by atoms with Gasteiger partial charge >= 0.3 is 39.5 Å². The molecule has 5 atom stereocenters. The number of ether oxygens (including phenoxy) is 4. The van der Waals surface area contributed by atoms with Crippen LogP contribution in [-0.2, 0) is 65.4 Å². The van der Waals surface area contributed by atoms with Crippen molar-refractivity contribution in [3.8, 4) is 0 Å². The highest BCUT2D eigenvalue weighted by molar-refractivity contribution is 7.47. The van der Waals surface area contributed by atoms with Crippen LogP contribution < -0.4 is 0 Å². The fourth-order valence-corrected chi connectivity index (χ4v) is 12.7. The predicted octanol–water partition coefficient (Wildman–Crippen LogP) is 21.2. The third kappa shape index (κ3) is 66.7. The van der Waals surface area contributed by atoms with Gasteiger partial charge in [0.2, 0.25) is 0 Å². The molecule has 0 fully saturated rings. The topological polar surface area (TPSA) is 237 Å². The predicted molar refractivity (Wildman–Crippen MR) is 372 cm³/mol. The highest BCUT2D eigenvalue weighted by Crippen LogP contribution is 2.45. The lowest BCUT2D eigenvalue weighted by atomic mass is 10.0. The number of hydrogen-bond donors (Lipinski definition) is 3. The molecule has 0 aromatic rings. The number of esters is 4. The molecule has 0 aromatic heterocycles. The van der Waals surface area contributed by atoms with Gasteiger partial charge in [-0.25, -0.2) is 9.13 Å². The highest BCUT2D eigenvalue weighted by atomic mass is 31.2. The molecule has 0 radical (unpaired) electrons. The molecule has 0 aliphatic heterocycles. The highest BCUT2D eigenvalue weighted by Gasteiger charge is 2.30. The molecule has 0 aliphatic carbocycles. The van der Waals surface area contributed by atoms with E-state index in [0.717, 1.165) is 102 Å². The first-order chi connectivity index (χ1) is 44.4. The Hall–Kier alpha value is -1.94. The summed E-state index contributed by atoms with van der Waals surface area (Å²) in [7, 11) is -9.90. The van der Waals surface area contributed by atoms with Gasteiger partial charge in [-0.05, 0) is 37.5 Å². The van der Waals surface area contributed by atoms with Crippen molar-refractivity contribution in [1.29, 1.82) is 0 Å². The van der Waals surface area contributed by atoms with Crippen LogP contribution in [0.3, 0.4) is 0 Å². The Morgan fingerprint density at radius 2 is 0.500 bits per heavy atom. The number of carbonyl (C=O) groups excluding carboxylic acids is 4. The molecule has 0 spiro atoms. The summed E-state index contributed by atoms with van der Waals surface area (Å²) in [6, 6.07) is 0. The normalized spacial score (nSPS) is 14.1. The second-order valence-corrected chi connectivity index (χ2v) is 30.2. The molecule has 17 nitrogen and oxygen atoms in total. The van der Waals surface area contributed by atoms with Crippen molar-refractivity contribution in [3.05, 3.63) is 0 Å². The number of phosphoric ester groups is 2. The van der Waals surface area contributed by atoms with E-state index in [4.69, 9.17) is 37.0 Å². The minimum absolute atomic E-state index is 0.107. The summed E-state index contributed by atoms with van der Waals surface area (Å²) in [5, 5.41) is 10.6. The van der Waals surface area contributed by atoms with Crippen LogP contribution in [0.1, 0.15) is 375 Å². The molecule has 3 N–H and O–H groups in total. The molecule has 0 saturated heterocycles. The Balaban J connectivity index is 5.24. The van der Waals surface area contributed by atoms with Crippen LogP contribution in [0.5, 0.6) is 0 Å². The van der Waals surface area contributed by atoms with Crippen LogP contribution in [0.15, 0.2) is 0 Å². The van der Waals surface area contributed by atoms with Gasteiger partial charge in [0.05, 0.1) is 26.4 Å². The molecule has 546 valence electrons. The Labute approximate surface area is 562 Å². The van der Waals surface area contributed by atoms with Crippen LogP contribution in [0.4, 0.5) is 0 Å². The Bertz CT molecular complexity index is 1790. The number of hydrogen-bond acceptors (Lipinski definition) is 15. The summed E-state index contributed by atoms with van der Waals surface area (Å²) >= 11 is 0. The lowest BCUT2D eigenvalue weighted by Crippen LogP contribution is -2.30. The van der Waals surface area contributed by atoms with Crippen molar-refractivity contribution in [2.45, 2.75) is 394 Å². The summed E-state index contributed by atoms with van der Waals surface area (Å²) in [5.74, 6) is -0.663. The van der Waals surface area contributed by atoms with Gasteiger partial charge in [-0.15, -0.1) is 0 Å². The second kappa shape index (κ2) is 65.0. The fraction of sp³-hybridized carbons (Fsp3) is 0.945. The molecular weight excluding hydrogens is 1210 g/mol. The minimum Gasteiger partial charge on any atom is -0.462 e. The fourth-order valence-electron chi connectivity index (χ4n) is 11.1. The van der Waals surface area contributed by atoms with E-state index in [0.29, 0.717) is 31.6 Å². The third-order valence-electron chi connectivity index (χ3n) is 17.0. The monoisotopic (exact) mass is 1350 g/mol. The van der Waals surface area contributed by atoms with Crippen molar-refractivity contribution in [2.24, 2.45) is 11.8 Å². The number of phosphoric acid groups is 2. The molecule has 0 bridgehead atoms. The number of aliphatic hydroxyl groups is 1. The van der Waals surface area contributed by atoms with E-state index < -0.39 is 97.5 Å². The summed E-state index contributed by atoms with van der Waals surface area (Å²) in [4.78, 5) is 72.7. The Morgan fingerprint density at radius 3 is 0.739 bits per heavy atom. The zero-order valence-electron chi connectivity index (χ0n) is 59.9. The van der Waals surface area contributed by atoms with Gasteiger partial charge in [0.1, 0.15) is 19.3 Å². The average molecular weight is 1350 g/mol. The number of rotatable bonds is 72. The first-order valence-corrected chi connectivity index (χ1v) is 41.0. The van der Waals surface area contributed by atoms with Gasteiger partial charge in [0.15, 0.2) is 12.2 Å². The maximum Gasteiger partial charge on any atom is 0.472 e. The molecule has 0 saturated carbocycles. The lowest BCUT2D eigenvalue weighted by molar-refractivity contribution is -0.161. The van der Waals surface area contributed by atoms with E-state index in [1.165, 1.54) is 186 Å². The molecule has 92 heavy (non-hydrogen) atoms. The van der Waals surface area contributed by atoms with E-state index in [-0.39, 0.29) is 25.7 Å². The second-order valence-electron chi connectivity index (χ2n) is 27.3. The van der Waals surface area contributed by atoms with Crippen molar-refractivity contribution in [3.63, 3.8) is 0 Å². The van der Waals surface area contributed by atoms with Crippen molar-refractivity contribution in [1.82, 2.24) is 0 Å². The van der Waals surface area contributed by atoms with Gasteiger partial charge in [-0.3, -0.25) is 37.3 Å². The maximum atomic E-state index is 13.1. The van der Waals surface area contributed by atoms with Crippen LogP contribution in [-0.4, -0.2) is 96.7 Å². The summed E-state index contributed by atoms with van der Waals surface area (Å²) in [6.07, 6.45) is 51.3. The van der Waals surface area contributed by atoms with Crippen LogP contribution in [0, 0.1) is 11.8 Å². The summed E-state index contributed by atoms with van der Waals surface area (Å²) < 4.78 is 68.4. The van der Waals surface area contributed by atoms with Gasteiger partial charge < -0.3 is 33.8 Å². The van der Waals surface area contributed by atoms with E-state index in [1.54, 1.807) is 0 Å². The quantitative estimate of drug-likeness (QED) is 0.0222. The molecule has 0 heterocycles. The SMILES string of the molecule is CCCCCCCCCCCCCCCCC(=O)OC[C@H](COP(=O)(O)OC[C@@H](O)COP(=O)(O)OC[C@@H](COC(=O)CCCCCCCCC(C)C)OC(=O)CCCCCCCCCCCCCCCC)OC(=O)CCCCCCCCCCCCCCC(C)C. The molecule has 0 aliphatic rings. The van der Waals surface area contributed by atoms with Crippen molar-refractivity contribution in [2.75, 3.05) is 39.6 Å². The zero-order chi connectivity index (χ0) is 67.9. The van der Waals surface area contributed by atoms with E-state index in [9.17, 15) is 43.2 Å². The first kappa shape index (κ1) is 90.1. The number of carbonyl (C=O) groups is 4. The Kier molecular flexibility index (Phi) is 63.7. The Morgan fingerprint density at radius 1 is 0.293 bits per heavy atom. The first-order valence-electron chi connectivity index (χ1n) is 38.0. The number of unbranched alkanes of at least 4 members (excludes halogenated alkanes) is 42. The molecule has 2 unspecified atom stereocenters. The molecule has 0 aromatic carbocycles. The van der Waals surface area contributed by atoms with E-state index in [2.05, 4.69) is 41.5 Å². The van der Waals surface area contributed by atoms with Crippen LogP contribution in [0.25, 0.3) is 0 Å². The standard InChI is InChI=1S/C73H142O17P2/c1-7-9-11-13-15-17-19-21-23-28-32-36-43-49-55-70(75)83-61-68(89-72(77)58-52-46-38-34-30-26-25-27-31-35-41-47-53-65(3)4)63-87-91(79,80)85-59-67(74)60-86-92(81,82)88-64-69(62-84-71(76)56-50-44-40-39-42-48-54-66(5)6)90-73(78)57-51-45-37-33-29-24-22-20-18-16-14-12-10-8-2/h65-69,74H,7-64H2,1-6H3,(H,79,80)(H,81,82)/t67-,68-,69-/m1/s1. The van der Waals surface area contributed by atoms with Crippen LogP contribution >= 0.6 is 15.6 Å². The zero-order valence-corrected chi connectivity index (χ0v) is 61.6. The largest absolute Gasteiger partial charge is 0.472 e. The van der Waals surface area contributed by atoms with E-state index in [1.807, 2.05) is 0 Å². The van der Waals surface area contributed by atoms with Gasteiger partial charge in [0, 0.05) is 25.7 Å². The molecule has 0 amide bonds. The van der Waals surface area contributed by atoms with Crippen molar-refractivity contribution < 1.29 is 80.2 Å². The van der Waals surface area contributed by atoms with E-state index >= 15 is 0 Å². The summed E-state index contributed by atoms with van der Waals surface area (Å²) in [5.41, 5.74) is 0.